The first-order chi connectivity index (χ1) is 20.3. The number of amides is 2. The first-order valence-corrected chi connectivity index (χ1v) is 13.2. The number of nitrogens with one attached hydrogen (secondary N) is 2. The van der Waals surface area contributed by atoms with Crippen LogP contribution in [0.25, 0.3) is 22.2 Å². The predicted octanol–water partition coefficient (Wildman–Crippen LogP) is 2.85. The maximum absolute atomic E-state index is 14.1. The van der Waals surface area contributed by atoms with Gasteiger partial charge in [0.15, 0.2) is 17.2 Å². The van der Waals surface area contributed by atoms with E-state index in [1.165, 1.54) is 15.2 Å². The molecule has 3 heterocycles. The van der Waals surface area contributed by atoms with Gasteiger partial charge in [-0.15, -0.1) is 0 Å². The fourth-order valence-corrected chi connectivity index (χ4v) is 4.53. The Labute approximate surface area is 241 Å². The minimum atomic E-state index is -0.715. The fourth-order valence-electron chi connectivity index (χ4n) is 4.53. The summed E-state index contributed by atoms with van der Waals surface area (Å²) in [6.07, 6.45) is 1.58. The molecule has 5 rings (SSSR count). The van der Waals surface area contributed by atoms with Gasteiger partial charge in [0.2, 0.25) is 5.91 Å². The minimum Gasteiger partial charge on any atom is -0.382 e. The van der Waals surface area contributed by atoms with Gasteiger partial charge >= 0.3 is 0 Å². The van der Waals surface area contributed by atoms with E-state index in [1.54, 1.807) is 56.3 Å². The Morgan fingerprint density at radius 1 is 1.10 bits per heavy atom. The van der Waals surface area contributed by atoms with Crippen LogP contribution in [0.2, 0.25) is 0 Å². The molecule has 4 N–H and O–H groups in total. The van der Waals surface area contributed by atoms with Crippen molar-refractivity contribution in [1.29, 1.82) is 0 Å². The summed E-state index contributed by atoms with van der Waals surface area (Å²) < 4.78 is 2.88. The Hall–Kier alpha value is -5.76. The van der Waals surface area contributed by atoms with Crippen molar-refractivity contribution in [3.8, 4) is 17.5 Å². The van der Waals surface area contributed by atoms with Crippen LogP contribution in [0.5, 0.6) is 0 Å². The molecule has 0 saturated heterocycles. The number of imidazole rings is 1. The van der Waals surface area contributed by atoms with Crippen molar-refractivity contribution in [3.63, 3.8) is 0 Å². The van der Waals surface area contributed by atoms with Gasteiger partial charge in [0.1, 0.15) is 5.82 Å². The molecule has 0 saturated carbocycles. The van der Waals surface area contributed by atoms with Gasteiger partial charge in [0.05, 0.1) is 28.3 Å². The second-order valence-corrected chi connectivity index (χ2v) is 9.48. The Balaban J connectivity index is 1.56. The first kappa shape index (κ1) is 27.8. The molecule has 3 aromatic heterocycles. The zero-order chi connectivity index (χ0) is 29.8. The van der Waals surface area contributed by atoms with Crippen LogP contribution in [0.15, 0.2) is 78.1 Å². The number of anilines is 1. The van der Waals surface area contributed by atoms with Crippen LogP contribution in [0.3, 0.4) is 0 Å². The van der Waals surface area contributed by atoms with Crippen molar-refractivity contribution in [1.82, 2.24) is 34.8 Å². The summed E-state index contributed by atoms with van der Waals surface area (Å²) in [4.78, 5) is 48.0. The summed E-state index contributed by atoms with van der Waals surface area (Å²) in [5.74, 6) is 5.62. The van der Waals surface area contributed by atoms with Crippen molar-refractivity contribution >= 4 is 34.2 Å². The molecular weight excluding hydrogens is 532 g/mol. The minimum absolute atomic E-state index is 0.0389. The summed E-state index contributed by atoms with van der Waals surface area (Å²) in [6, 6.07) is 17.1. The predicted molar refractivity (Wildman–Crippen MR) is 160 cm³/mol. The lowest BCUT2D eigenvalue weighted by Crippen LogP contribution is -2.34. The highest BCUT2D eigenvalue weighted by Gasteiger charge is 2.24. The van der Waals surface area contributed by atoms with Gasteiger partial charge in [0, 0.05) is 18.5 Å². The van der Waals surface area contributed by atoms with E-state index >= 15 is 0 Å². The third-order valence-corrected chi connectivity index (χ3v) is 6.48. The van der Waals surface area contributed by atoms with Crippen LogP contribution in [0.4, 0.5) is 5.82 Å². The van der Waals surface area contributed by atoms with Gasteiger partial charge in [-0.3, -0.25) is 19.0 Å². The Bertz CT molecular complexity index is 1970. The molecule has 0 unspecified atom stereocenters. The van der Waals surface area contributed by atoms with Gasteiger partial charge in [-0.25, -0.2) is 14.5 Å². The zero-order valence-corrected chi connectivity index (χ0v) is 23.1. The number of carbonyl (C=O) groups excluding carboxylic acids is 2. The van der Waals surface area contributed by atoms with E-state index in [9.17, 15) is 14.4 Å². The van der Waals surface area contributed by atoms with E-state index in [2.05, 4.69) is 39.1 Å². The summed E-state index contributed by atoms with van der Waals surface area (Å²) in [7, 11) is 0. The molecule has 0 aliphatic carbocycles. The number of nitrogens with two attached hydrogens (primary N) is 1. The van der Waals surface area contributed by atoms with Crippen molar-refractivity contribution in [2.24, 2.45) is 0 Å². The summed E-state index contributed by atoms with van der Waals surface area (Å²) in [6.45, 7) is 7.32. The molecule has 1 atom stereocenters. The molecule has 2 amide bonds. The number of hydrogen-bond donors (Lipinski definition) is 3. The van der Waals surface area contributed by atoms with Gasteiger partial charge in [-0.05, 0) is 56.3 Å². The maximum atomic E-state index is 14.1. The van der Waals surface area contributed by atoms with Gasteiger partial charge in [-0.1, -0.05) is 42.7 Å². The summed E-state index contributed by atoms with van der Waals surface area (Å²) in [5, 5.41) is 10.3. The normalized spacial score (nSPS) is 11.5. The highest BCUT2D eigenvalue weighted by Crippen LogP contribution is 2.21. The molecule has 11 nitrogen and oxygen atoms in total. The Morgan fingerprint density at radius 2 is 1.88 bits per heavy atom. The number of aromatic nitrogens is 5. The molecular formula is C31H28N8O3. The number of nitrogens with zero attached hydrogens (tertiary/aromatic N) is 5. The Kier molecular flexibility index (Phi) is 7.79. The van der Waals surface area contributed by atoms with E-state index in [1.807, 2.05) is 18.2 Å². The average molecular weight is 561 g/mol. The monoisotopic (exact) mass is 560 g/mol. The van der Waals surface area contributed by atoms with Gasteiger partial charge < -0.3 is 16.4 Å². The van der Waals surface area contributed by atoms with Crippen molar-refractivity contribution in [2.75, 3.05) is 12.3 Å². The molecule has 5 aromatic rings. The topological polar surface area (TPSA) is 149 Å². The second kappa shape index (κ2) is 11.8. The van der Waals surface area contributed by atoms with Crippen molar-refractivity contribution in [2.45, 2.75) is 26.3 Å². The van der Waals surface area contributed by atoms with Crippen LogP contribution < -0.4 is 21.9 Å². The highest BCUT2D eigenvalue weighted by molar-refractivity contribution is 5.98. The number of hydrogen-bond acceptors (Lipinski definition) is 7. The van der Waals surface area contributed by atoms with E-state index in [4.69, 9.17) is 10.7 Å². The largest absolute Gasteiger partial charge is 0.382 e. The number of para-hydroxylation sites is 1. The molecule has 0 aliphatic heterocycles. The molecule has 2 aromatic carbocycles. The smallest absolute Gasteiger partial charge is 0.274 e. The van der Waals surface area contributed by atoms with E-state index < -0.39 is 11.9 Å². The lowest BCUT2D eigenvalue weighted by Gasteiger charge is -2.20. The number of benzene rings is 2. The molecule has 0 fully saturated rings. The van der Waals surface area contributed by atoms with Crippen LogP contribution in [0, 0.1) is 18.8 Å². The molecule has 0 aliphatic rings. The molecule has 0 spiro atoms. The zero-order valence-electron chi connectivity index (χ0n) is 23.1. The fraction of sp³-hybridized carbons (Fsp3) is 0.161. The molecule has 11 heteroatoms. The maximum Gasteiger partial charge on any atom is 0.274 e. The lowest BCUT2D eigenvalue weighted by molar-refractivity contribution is -0.116. The van der Waals surface area contributed by atoms with Gasteiger partial charge in [-0.2, -0.15) is 5.10 Å². The van der Waals surface area contributed by atoms with E-state index in [0.29, 0.717) is 52.3 Å². The summed E-state index contributed by atoms with van der Waals surface area (Å²) in [5.41, 5.74) is 8.51. The third-order valence-electron chi connectivity index (χ3n) is 6.48. The third kappa shape index (κ3) is 5.46. The van der Waals surface area contributed by atoms with Crippen molar-refractivity contribution in [3.05, 3.63) is 106 Å². The standard InChI is InChI=1S/C31H28N8O3/c1-4-25(40)33-18-9-8-11-21-12-10-15-23-26(21)31(42)38(22-13-6-5-7-14-22)29(35-23)20(3)34-30(41)27-28(32)36-24-17-16-19(2)37-39(24)27/h4-7,10,12-17,20H,1,9,18,32H2,2-3H3,(H,33,40)(H,34,41)/t20-/m1/s1. The number of aryl methyl sites for hydroxylation is 1. The lowest BCUT2D eigenvalue weighted by atomic mass is 10.1. The van der Waals surface area contributed by atoms with Crippen LogP contribution in [-0.4, -0.2) is 42.5 Å². The number of rotatable bonds is 7. The van der Waals surface area contributed by atoms with Gasteiger partial charge in [0.25, 0.3) is 11.5 Å². The number of fused-ring (bicyclic) bond motifs is 2. The SMILES string of the molecule is C=CC(=O)NCCC#Cc1cccc2nc([C@@H](C)NC(=O)c3c(N)nc4ccc(C)nn34)n(-c3ccccc3)c(=O)c12. The number of nitrogen functional groups attached to an aromatic ring is 1. The second-order valence-electron chi connectivity index (χ2n) is 9.48. The van der Waals surface area contributed by atoms with Crippen molar-refractivity contribution < 1.29 is 9.59 Å². The first-order valence-electron chi connectivity index (χ1n) is 13.2. The average Bonchev–Trinajstić information content (AvgIpc) is 3.31. The molecule has 210 valence electrons. The Morgan fingerprint density at radius 3 is 2.64 bits per heavy atom. The van der Waals surface area contributed by atoms with Crippen LogP contribution >= 0.6 is 0 Å². The van der Waals surface area contributed by atoms with Crippen LogP contribution in [0.1, 0.15) is 47.0 Å². The number of carbonyl (C=O) groups is 2. The summed E-state index contributed by atoms with van der Waals surface area (Å²) >= 11 is 0. The molecule has 0 radical (unpaired) electrons. The highest BCUT2D eigenvalue weighted by atomic mass is 16.2. The quantitative estimate of drug-likeness (QED) is 0.157. The van der Waals surface area contributed by atoms with E-state index in [-0.39, 0.29) is 23.0 Å². The van der Waals surface area contributed by atoms with Crippen LogP contribution in [-0.2, 0) is 4.79 Å². The molecule has 42 heavy (non-hydrogen) atoms. The molecule has 0 bridgehead atoms. The van der Waals surface area contributed by atoms with E-state index in [0.717, 1.165) is 0 Å².